The molecule has 130 valence electrons. The number of aromatic nitrogens is 6. The third kappa shape index (κ3) is 4.09. The number of nitrogens with one attached hydrogen (secondary N) is 1. The number of pyridine rings is 1. The van der Waals surface area contributed by atoms with Gasteiger partial charge in [0, 0.05) is 45.1 Å². The molecule has 8 nitrogen and oxygen atoms in total. The summed E-state index contributed by atoms with van der Waals surface area (Å²) in [6.07, 6.45) is 5.36. The van der Waals surface area contributed by atoms with Crippen LogP contribution in [0.2, 0.25) is 0 Å². The van der Waals surface area contributed by atoms with E-state index < -0.39 is 0 Å². The molecule has 0 saturated carbocycles. The lowest BCUT2D eigenvalue weighted by Crippen LogP contribution is -2.17. The first-order valence-electron chi connectivity index (χ1n) is 8.15. The summed E-state index contributed by atoms with van der Waals surface area (Å²) >= 11 is 0. The molecular formula is C17H22N8. The van der Waals surface area contributed by atoms with Crippen molar-refractivity contribution in [3.63, 3.8) is 0 Å². The van der Waals surface area contributed by atoms with E-state index in [-0.39, 0.29) is 5.92 Å². The van der Waals surface area contributed by atoms with Crippen molar-refractivity contribution in [2.45, 2.75) is 26.3 Å². The van der Waals surface area contributed by atoms with Crippen molar-refractivity contribution in [2.75, 3.05) is 24.3 Å². The molecule has 3 aromatic rings. The molecule has 0 amide bonds. The molecule has 0 aliphatic carbocycles. The van der Waals surface area contributed by atoms with Crippen LogP contribution in [0.3, 0.4) is 0 Å². The average molecular weight is 338 g/mol. The maximum absolute atomic E-state index is 4.51. The van der Waals surface area contributed by atoms with E-state index in [1.165, 1.54) is 0 Å². The highest BCUT2D eigenvalue weighted by Crippen LogP contribution is 2.16. The van der Waals surface area contributed by atoms with Crippen LogP contribution in [0, 0.1) is 0 Å². The maximum atomic E-state index is 4.51. The van der Waals surface area contributed by atoms with Gasteiger partial charge in [0.25, 0.3) is 0 Å². The van der Waals surface area contributed by atoms with Crippen molar-refractivity contribution >= 4 is 11.9 Å². The zero-order valence-electron chi connectivity index (χ0n) is 14.9. The summed E-state index contributed by atoms with van der Waals surface area (Å²) in [6, 6.07) is 5.81. The summed E-state index contributed by atoms with van der Waals surface area (Å²) < 4.78 is 1.73. The summed E-state index contributed by atoms with van der Waals surface area (Å²) in [5.74, 6) is 2.99. The minimum atomic E-state index is 0.231. The van der Waals surface area contributed by atoms with E-state index in [4.69, 9.17) is 0 Å². The van der Waals surface area contributed by atoms with Crippen LogP contribution in [0.15, 0.2) is 36.8 Å². The number of anilines is 2. The fraction of sp³-hybridized carbons (Fsp3) is 0.353. The summed E-state index contributed by atoms with van der Waals surface area (Å²) in [6.45, 7) is 4.72. The highest BCUT2D eigenvalue weighted by Gasteiger charge is 2.11. The van der Waals surface area contributed by atoms with Gasteiger partial charge in [0.2, 0.25) is 11.9 Å². The van der Waals surface area contributed by atoms with E-state index >= 15 is 0 Å². The second kappa shape index (κ2) is 7.25. The van der Waals surface area contributed by atoms with Gasteiger partial charge in [-0.2, -0.15) is 20.1 Å². The maximum Gasteiger partial charge on any atom is 0.229 e. The van der Waals surface area contributed by atoms with E-state index in [9.17, 15) is 0 Å². The van der Waals surface area contributed by atoms with Gasteiger partial charge < -0.3 is 10.2 Å². The van der Waals surface area contributed by atoms with Crippen LogP contribution in [0.1, 0.15) is 31.2 Å². The van der Waals surface area contributed by atoms with Crippen LogP contribution >= 0.6 is 0 Å². The Morgan fingerprint density at radius 1 is 1.16 bits per heavy atom. The van der Waals surface area contributed by atoms with Gasteiger partial charge >= 0.3 is 0 Å². The van der Waals surface area contributed by atoms with Gasteiger partial charge in [-0.1, -0.05) is 13.8 Å². The standard InChI is InChI=1S/C17H22N8/c1-12(2)15-21-16(23-17(22-15)24(3)4)19-11-13-6-8-18-14(10-13)25-9-5-7-20-25/h5-10,12H,11H2,1-4H3,(H,19,21,22,23). The predicted molar refractivity (Wildman–Crippen MR) is 96.9 cm³/mol. The van der Waals surface area contributed by atoms with E-state index in [1.54, 1.807) is 17.1 Å². The van der Waals surface area contributed by atoms with Crippen molar-refractivity contribution in [1.29, 1.82) is 0 Å². The Kier molecular flexibility index (Phi) is 4.87. The average Bonchev–Trinajstić information content (AvgIpc) is 3.14. The molecule has 1 N–H and O–H groups in total. The quantitative estimate of drug-likeness (QED) is 0.738. The summed E-state index contributed by atoms with van der Waals surface area (Å²) in [5.41, 5.74) is 1.07. The van der Waals surface area contributed by atoms with Crippen LogP contribution in [0.5, 0.6) is 0 Å². The van der Waals surface area contributed by atoms with Crippen molar-refractivity contribution in [3.8, 4) is 5.82 Å². The molecule has 0 atom stereocenters. The lowest BCUT2D eigenvalue weighted by atomic mass is 10.2. The van der Waals surface area contributed by atoms with Gasteiger partial charge in [0.05, 0.1) is 0 Å². The van der Waals surface area contributed by atoms with Gasteiger partial charge in [-0.3, -0.25) is 0 Å². The molecule has 3 heterocycles. The largest absolute Gasteiger partial charge is 0.350 e. The van der Waals surface area contributed by atoms with E-state index in [2.05, 4.69) is 44.2 Å². The molecule has 0 fully saturated rings. The van der Waals surface area contributed by atoms with Crippen molar-refractivity contribution in [2.24, 2.45) is 0 Å². The highest BCUT2D eigenvalue weighted by molar-refractivity contribution is 5.37. The molecule has 8 heteroatoms. The topological polar surface area (TPSA) is 84.7 Å². The number of rotatable bonds is 6. The molecule has 0 radical (unpaired) electrons. The van der Waals surface area contributed by atoms with Crippen LogP contribution in [-0.2, 0) is 6.54 Å². The lowest BCUT2D eigenvalue weighted by molar-refractivity contribution is 0.754. The number of hydrogen-bond donors (Lipinski definition) is 1. The van der Waals surface area contributed by atoms with Gasteiger partial charge in [-0.25, -0.2) is 9.67 Å². The van der Waals surface area contributed by atoms with Crippen LogP contribution in [0.25, 0.3) is 5.82 Å². The molecule has 25 heavy (non-hydrogen) atoms. The Hall–Kier alpha value is -3.03. The molecule has 0 aliphatic heterocycles. The van der Waals surface area contributed by atoms with Crippen molar-refractivity contribution in [3.05, 3.63) is 48.2 Å². The smallest absolute Gasteiger partial charge is 0.229 e. The summed E-state index contributed by atoms with van der Waals surface area (Å²) in [5, 5.41) is 7.48. The number of hydrogen-bond acceptors (Lipinski definition) is 7. The molecule has 0 aliphatic rings. The molecule has 3 aromatic heterocycles. The van der Waals surface area contributed by atoms with Crippen molar-refractivity contribution < 1.29 is 0 Å². The third-order valence-electron chi connectivity index (χ3n) is 3.56. The van der Waals surface area contributed by atoms with Gasteiger partial charge in [0.1, 0.15) is 5.82 Å². The second-order valence-corrected chi connectivity index (χ2v) is 6.19. The Morgan fingerprint density at radius 3 is 2.68 bits per heavy atom. The number of nitrogens with zero attached hydrogens (tertiary/aromatic N) is 7. The fourth-order valence-corrected chi connectivity index (χ4v) is 2.20. The summed E-state index contributed by atoms with van der Waals surface area (Å²) in [7, 11) is 3.84. The first-order chi connectivity index (χ1) is 12.0. The Balaban J connectivity index is 1.78. The van der Waals surface area contributed by atoms with Crippen LogP contribution in [-0.4, -0.2) is 43.8 Å². The zero-order valence-corrected chi connectivity index (χ0v) is 14.9. The minimum Gasteiger partial charge on any atom is -0.350 e. The Labute approximate surface area is 147 Å². The van der Waals surface area contributed by atoms with Gasteiger partial charge in [-0.05, 0) is 23.8 Å². The molecule has 0 spiro atoms. The van der Waals surface area contributed by atoms with Crippen LogP contribution in [0.4, 0.5) is 11.9 Å². The van der Waals surface area contributed by atoms with Gasteiger partial charge in [-0.15, -0.1) is 0 Å². The van der Waals surface area contributed by atoms with E-state index in [0.717, 1.165) is 17.2 Å². The lowest BCUT2D eigenvalue weighted by Gasteiger charge is -2.15. The monoisotopic (exact) mass is 338 g/mol. The molecule has 0 unspecified atom stereocenters. The first kappa shape index (κ1) is 16.8. The normalized spacial score (nSPS) is 10.9. The first-order valence-corrected chi connectivity index (χ1v) is 8.15. The highest BCUT2D eigenvalue weighted by atomic mass is 15.3. The molecule has 0 aromatic carbocycles. The SMILES string of the molecule is CC(C)c1nc(NCc2ccnc(-n3cccn3)c2)nc(N(C)C)n1. The van der Waals surface area contributed by atoms with Gasteiger partial charge in [0.15, 0.2) is 5.82 Å². The molecular weight excluding hydrogens is 316 g/mol. The fourth-order valence-electron chi connectivity index (χ4n) is 2.20. The zero-order chi connectivity index (χ0) is 17.8. The van der Waals surface area contributed by atoms with E-state index in [0.29, 0.717) is 18.4 Å². The molecule has 0 bridgehead atoms. The molecule has 0 saturated heterocycles. The second-order valence-electron chi connectivity index (χ2n) is 6.19. The Bertz CT molecular complexity index is 800. The Morgan fingerprint density at radius 2 is 2.00 bits per heavy atom. The predicted octanol–water partition coefficient (Wildman–Crippen LogP) is 2.25. The van der Waals surface area contributed by atoms with Crippen LogP contribution < -0.4 is 10.2 Å². The third-order valence-corrected chi connectivity index (χ3v) is 3.56. The summed E-state index contributed by atoms with van der Waals surface area (Å²) in [4.78, 5) is 19.7. The minimum absolute atomic E-state index is 0.231. The molecule has 3 rings (SSSR count). The van der Waals surface area contributed by atoms with E-state index in [1.807, 2.05) is 43.4 Å². The van der Waals surface area contributed by atoms with Crippen molar-refractivity contribution in [1.82, 2.24) is 29.7 Å².